The molecule has 2 N–H and O–H groups in total. The summed E-state index contributed by atoms with van der Waals surface area (Å²) in [6.07, 6.45) is 3.77. The zero-order valence-corrected chi connectivity index (χ0v) is 12.2. The number of rotatable bonds is 4. The Morgan fingerprint density at radius 3 is 2.70 bits per heavy atom. The average Bonchev–Trinajstić information content (AvgIpc) is 2.92. The molecule has 0 bridgehead atoms. The van der Waals surface area contributed by atoms with Crippen molar-refractivity contribution in [1.82, 2.24) is 15.1 Å². The minimum Gasteiger partial charge on any atom is -0.481 e. The van der Waals surface area contributed by atoms with Crippen molar-refractivity contribution in [3.63, 3.8) is 0 Å². The Hall–Kier alpha value is -1.30. The van der Waals surface area contributed by atoms with Gasteiger partial charge < -0.3 is 15.3 Å². The van der Waals surface area contributed by atoms with E-state index in [-0.39, 0.29) is 6.03 Å². The lowest BCUT2D eigenvalue weighted by Crippen LogP contribution is -2.49. The topological polar surface area (TPSA) is 72.9 Å². The van der Waals surface area contributed by atoms with Gasteiger partial charge in [-0.25, -0.2) is 4.79 Å². The number of urea groups is 1. The van der Waals surface area contributed by atoms with Gasteiger partial charge in [-0.15, -0.1) is 0 Å². The summed E-state index contributed by atoms with van der Waals surface area (Å²) in [6, 6.07) is 0.322. The Bertz CT molecular complexity index is 362. The number of nitrogens with one attached hydrogen (secondary N) is 1. The third-order valence-corrected chi connectivity index (χ3v) is 4.45. The van der Waals surface area contributed by atoms with Crippen LogP contribution in [-0.2, 0) is 4.79 Å². The quantitative estimate of drug-likeness (QED) is 0.806. The Morgan fingerprint density at radius 1 is 1.25 bits per heavy atom. The minimum atomic E-state index is -0.796. The second-order valence-corrected chi connectivity index (χ2v) is 5.73. The van der Waals surface area contributed by atoms with E-state index in [0.717, 1.165) is 25.9 Å². The van der Waals surface area contributed by atoms with Crippen molar-refractivity contribution in [3.05, 3.63) is 0 Å². The molecule has 2 saturated heterocycles. The van der Waals surface area contributed by atoms with Crippen LogP contribution in [0, 0.1) is 5.92 Å². The second kappa shape index (κ2) is 6.92. The lowest BCUT2D eigenvalue weighted by molar-refractivity contribution is -0.143. The number of aliphatic carboxylic acids is 1. The van der Waals surface area contributed by atoms with Crippen molar-refractivity contribution in [3.8, 4) is 0 Å². The second-order valence-electron chi connectivity index (χ2n) is 5.73. The summed E-state index contributed by atoms with van der Waals surface area (Å²) in [5.41, 5.74) is 0. The van der Waals surface area contributed by atoms with Gasteiger partial charge in [0.1, 0.15) is 0 Å². The molecular formula is C14H25N3O3. The van der Waals surface area contributed by atoms with Crippen molar-refractivity contribution < 1.29 is 14.7 Å². The van der Waals surface area contributed by atoms with Gasteiger partial charge in [0.2, 0.25) is 0 Å². The van der Waals surface area contributed by atoms with Crippen LogP contribution in [0.2, 0.25) is 0 Å². The van der Waals surface area contributed by atoms with Crippen LogP contribution < -0.4 is 5.32 Å². The predicted octanol–water partition coefficient (Wildman–Crippen LogP) is 0.977. The molecule has 0 aliphatic carbocycles. The van der Waals surface area contributed by atoms with Crippen LogP contribution in [0.3, 0.4) is 0 Å². The fourth-order valence-corrected chi connectivity index (χ4v) is 3.22. The molecule has 0 aromatic carbocycles. The van der Waals surface area contributed by atoms with Crippen LogP contribution in [0.25, 0.3) is 0 Å². The molecular weight excluding hydrogens is 258 g/mol. The largest absolute Gasteiger partial charge is 0.481 e. The van der Waals surface area contributed by atoms with E-state index in [0.29, 0.717) is 32.1 Å². The molecule has 6 nitrogen and oxygen atoms in total. The molecule has 2 heterocycles. The normalized spacial score (nSPS) is 27.6. The van der Waals surface area contributed by atoms with Gasteiger partial charge >= 0.3 is 12.0 Å². The summed E-state index contributed by atoms with van der Waals surface area (Å²) < 4.78 is 0. The fraction of sp³-hybridized carbons (Fsp3) is 0.857. The fourth-order valence-electron chi connectivity index (χ4n) is 3.22. The van der Waals surface area contributed by atoms with Crippen LogP contribution in [0.4, 0.5) is 4.79 Å². The first kappa shape index (κ1) is 15.1. The minimum absolute atomic E-state index is 0.112. The van der Waals surface area contributed by atoms with Crippen LogP contribution in [0.1, 0.15) is 32.6 Å². The van der Waals surface area contributed by atoms with E-state index in [2.05, 4.69) is 17.1 Å². The maximum atomic E-state index is 12.1. The molecule has 0 saturated carbocycles. The highest BCUT2D eigenvalue weighted by atomic mass is 16.4. The van der Waals surface area contributed by atoms with Crippen LogP contribution in [0.5, 0.6) is 0 Å². The number of carbonyl (C=O) groups is 2. The third-order valence-electron chi connectivity index (χ3n) is 4.45. The molecule has 2 aliphatic heterocycles. The molecule has 6 heteroatoms. The van der Waals surface area contributed by atoms with Crippen molar-refractivity contribution >= 4 is 12.0 Å². The number of carbonyl (C=O) groups excluding carboxylic acids is 1. The molecule has 2 amide bonds. The van der Waals surface area contributed by atoms with Crippen molar-refractivity contribution in [2.24, 2.45) is 5.92 Å². The molecule has 0 aromatic rings. The van der Waals surface area contributed by atoms with E-state index in [1.165, 1.54) is 6.42 Å². The van der Waals surface area contributed by atoms with E-state index >= 15 is 0 Å². The molecule has 2 aliphatic rings. The third kappa shape index (κ3) is 3.62. The summed E-state index contributed by atoms with van der Waals surface area (Å²) in [5, 5.41) is 12.0. The number of hydrogen-bond acceptors (Lipinski definition) is 3. The van der Waals surface area contributed by atoms with E-state index in [9.17, 15) is 9.59 Å². The molecule has 114 valence electrons. The Labute approximate surface area is 120 Å². The lowest BCUT2D eigenvalue weighted by atomic mass is 9.99. The van der Waals surface area contributed by atoms with Gasteiger partial charge in [0, 0.05) is 25.7 Å². The number of likely N-dealkylation sites (N-methyl/N-ethyl adjacent to an activating group) is 1. The van der Waals surface area contributed by atoms with Gasteiger partial charge in [0.15, 0.2) is 0 Å². The Kier molecular flexibility index (Phi) is 5.23. The van der Waals surface area contributed by atoms with Gasteiger partial charge in [-0.2, -0.15) is 0 Å². The van der Waals surface area contributed by atoms with Gasteiger partial charge in [0.05, 0.1) is 5.92 Å². The number of amides is 2. The first-order valence-electron chi connectivity index (χ1n) is 7.61. The number of hydrogen-bond donors (Lipinski definition) is 2. The Balaban J connectivity index is 1.78. The first-order chi connectivity index (χ1) is 9.61. The molecule has 2 fully saturated rings. The highest BCUT2D eigenvalue weighted by Gasteiger charge is 2.29. The SMILES string of the molecule is CCN1CCCC1CNC(=O)N1CCC[C@@H](C(=O)O)C1. The van der Waals surface area contributed by atoms with Gasteiger partial charge in [-0.3, -0.25) is 9.69 Å². The van der Waals surface area contributed by atoms with Gasteiger partial charge in [-0.05, 0) is 38.8 Å². The maximum absolute atomic E-state index is 12.1. The Morgan fingerprint density at radius 2 is 2.00 bits per heavy atom. The van der Waals surface area contributed by atoms with Crippen LogP contribution in [-0.4, -0.2) is 65.7 Å². The highest BCUT2D eigenvalue weighted by Crippen LogP contribution is 2.18. The lowest BCUT2D eigenvalue weighted by Gasteiger charge is -2.31. The first-order valence-corrected chi connectivity index (χ1v) is 7.61. The number of nitrogens with zero attached hydrogens (tertiary/aromatic N) is 2. The smallest absolute Gasteiger partial charge is 0.317 e. The summed E-state index contributed by atoms with van der Waals surface area (Å²) in [4.78, 5) is 27.2. The van der Waals surface area contributed by atoms with E-state index < -0.39 is 11.9 Å². The summed E-state index contributed by atoms with van der Waals surface area (Å²) in [7, 11) is 0. The van der Waals surface area contributed by atoms with E-state index in [1.54, 1.807) is 4.90 Å². The van der Waals surface area contributed by atoms with Crippen LogP contribution in [0.15, 0.2) is 0 Å². The summed E-state index contributed by atoms with van der Waals surface area (Å²) in [6.45, 7) is 5.94. The monoisotopic (exact) mass is 283 g/mol. The molecule has 0 radical (unpaired) electrons. The van der Waals surface area contributed by atoms with Crippen molar-refractivity contribution in [1.29, 1.82) is 0 Å². The number of carboxylic acids is 1. The number of piperidine rings is 1. The molecule has 1 unspecified atom stereocenters. The maximum Gasteiger partial charge on any atom is 0.317 e. The molecule has 2 rings (SSSR count). The van der Waals surface area contributed by atoms with Crippen molar-refractivity contribution in [2.75, 3.05) is 32.7 Å². The summed E-state index contributed by atoms with van der Waals surface area (Å²) in [5.74, 6) is -1.21. The van der Waals surface area contributed by atoms with E-state index in [4.69, 9.17) is 5.11 Å². The molecule has 0 aromatic heterocycles. The van der Waals surface area contributed by atoms with Gasteiger partial charge in [0.25, 0.3) is 0 Å². The zero-order valence-electron chi connectivity index (χ0n) is 12.2. The standard InChI is InChI=1S/C14H25N3O3/c1-2-16-7-4-6-12(16)9-15-14(20)17-8-3-5-11(10-17)13(18)19/h11-12H,2-10H2,1H3,(H,15,20)(H,18,19)/t11-,12?/m1/s1. The highest BCUT2D eigenvalue weighted by molar-refractivity contribution is 5.76. The molecule has 0 spiro atoms. The number of carboxylic acid groups (broad SMARTS) is 1. The predicted molar refractivity (Wildman–Crippen MR) is 75.6 cm³/mol. The van der Waals surface area contributed by atoms with E-state index in [1.807, 2.05) is 0 Å². The van der Waals surface area contributed by atoms with Crippen LogP contribution >= 0.6 is 0 Å². The molecule has 20 heavy (non-hydrogen) atoms. The summed E-state index contributed by atoms with van der Waals surface area (Å²) >= 11 is 0. The van der Waals surface area contributed by atoms with Gasteiger partial charge in [-0.1, -0.05) is 6.92 Å². The number of likely N-dealkylation sites (tertiary alicyclic amines) is 2. The molecule has 2 atom stereocenters. The average molecular weight is 283 g/mol. The van der Waals surface area contributed by atoms with Crippen molar-refractivity contribution in [2.45, 2.75) is 38.6 Å². The zero-order chi connectivity index (χ0) is 14.5.